The molecule has 0 unspecified atom stereocenters. The maximum Gasteiger partial charge on any atom is 0.252 e. The molecule has 1 amide bonds. The summed E-state index contributed by atoms with van der Waals surface area (Å²) in [6.07, 6.45) is 0.616. The maximum atomic E-state index is 13.2. The third kappa shape index (κ3) is 4.91. The van der Waals surface area contributed by atoms with E-state index in [1.807, 2.05) is 68.4 Å². The van der Waals surface area contributed by atoms with Gasteiger partial charge in [0.1, 0.15) is 5.82 Å². The number of para-hydroxylation sites is 2. The largest absolute Gasteiger partial charge is 0.493 e. The van der Waals surface area contributed by atoms with Crippen molar-refractivity contribution in [3.63, 3.8) is 0 Å². The fourth-order valence-electron chi connectivity index (χ4n) is 3.61. The van der Waals surface area contributed by atoms with Crippen LogP contribution in [0.4, 0.5) is 0 Å². The highest BCUT2D eigenvalue weighted by molar-refractivity contribution is 5.95. The summed E-state index contributed by atoms with van der Waals surface area (Å²) >= 11 is 0. The summed E-state index contributed by atoms with van der Waals surface area (Å²) in [6.45, 7) is 3.89. The van der Waals surface area contributed by atoms with E-state index in [1.165, 1.54) is 0 Å². The summed E-state index contributed by atoms with van der Waals surface area (Å²) in [5, 5.41) is 3.14. The van der Waals surface area contributed by atoms with Crippen molar-refractivity contribution in [2.75, 3.05) is 7.11 Å². The number of fused-ring (bicyclic) bond motifs is 1. The summed E-state index contributed by atoms with van der Waals surface area (Å²) in [4.78, 5) is 21.3. The number of benzene rings is 3. The van der Waals surface area contributed by atoms with E-state index >= 15 is 0 Å². The summed E-state index contributed by atoms with van der Waals surface area (Å²) < 4.78 is 11.2. The van der Waals surface area contributed by atoms with E-state index in [4.69, 9.17) is 14.5 Å². The maximum absolute atomic E-state index is 13.2. The van der Waals surface area contributed by atoms with Gasteiger partial charge in [0, 0.05) is 5.56 Å². The van der Waals surface area contributed by atoms with Gasteiger partial charge in [-0.3, -0.25) is 4.79 Å². The molecule has 0 spiro atoms. The van der Waals surface area contributed by atoms with Crippen LogP contribution in [-0.4, -0.2) is 29.1 Å². The highest BCUT2D eigenvalue weighted by Gasteiger charge is 2.21. The second kappa shape index (κ2) is 9.56. The molecular weight excluding hydrogens is 402 g/mol. The second-order valence-electron chi connectivity index (χ2n) is 7.89. The Kier molecular flexibility index (Phi) is 6.40. The van der Waals surface area contributed by atoms with Crippen molar-refractivity contribution in [1.82, 2.24) is 15.3 Å². The molecule has 164 valence electrons. The Bertz CT molecular complexity index is 1170. The Balaban J connectivity index is 1.62. The smallest absolute Gasteiger partial charge is 0.252 e. The number of rotatable bonds is 8. The Morgan fingerprint density at radius 3 is 2.47 bits per heavy atom. The van der Waals surface area contributed by atoms with E-state index in [1.54, 1.807) is 25.3 Å². The number of nitrogens with zero attached hydrogens (tertiary/aromatic N) is 1. The van der Waals surface area contributed by atoms with E-state index in [2.05, 4.69) is 10.3 Å². The van der Waals surface area contributed by atoms with E-state index in [0.29, 0.717) is 23.5 Å². The highest BCUT2D eigenvalue weighted by atomic mass is 16.5. The first-order valence-electron chi connectivity index (χ1n) is 10.7. The number of carbonyl (C=O) groups excluding carboxylic acids is 1. The van der Waals surface area contributed by atoms with Crippen LogP contribution in [0.3, 0.4) is 0 Å². The average molecular weight is 430 g/mol. The van der Waals surface area contributed by atoms with Gasteiger partial charge in [-0.1, -0.05) is 42.5 Å². The molecule has 1 heterocycles. The van der Waals surface area contributed by atoms with Gasteiger partial charge in [0.2, 0.25) is 0 Å². The van der Waals surface area contributed by atoms with Crippen LogP contribution < -0.4 is 14.8 Å². The molecule has 2 N–H and O–H groups in total. The van der Waals surface area contributed by atoms with E-state index < -0.39 is 0 Å². The Morgan fingerprint density at radius 2 is 1.75 bits per heavy atom. The first kappa shape index (κ1) is 21.4. The number of H-pyrrole nitrogens is 1. The lowest BCUT2D eigenvalue weighted by Gasteiger charge is -2.18. The molecule has 4 aromatic rings. The van der Waals surface area contributed by atoms with Gasteiger partial charge < -0.3 is 19.8 Å². The molecule has 0 aliphatic carbocycles. The van der Waals surface area contributed by atoms with E-state index in [9.17, 15) is 4.79 Å². The number of imidazole rings is 1. The number of methoxy groups -OCH3 is 1. The van der Waals surface area contributed by atoms with Gasteiger partial charge in [-0.2, -0.15) is 0 Å². The molecule has 0 saturated carbocycles. The van der Waals surface area contributed by atoms with Crippen molar-refractivity contribution in [2.45, 2.75) is 32.4 Å². The minimum Gasteiger partial charge on any atom is -0.493 e. The van der Waals surface area contributed by atoms with Crippen LogP contribution >= 0.6 is 0 Å². The molecule has 0 aliphatic rings. The highest BCUT2D eigenvalue weighted by Crippen LogP contribution is 2.29. The molecule has 0 aliphatic heterocycles. The minimum atomic E-state index is -0.324. The van der Waals surface area contributed by atoms with Crippen LogP contribution in [-0.2, 0) is 6.42 Å². The zero-order valence-electron chi connectivity index (χ0n) is 18.5. The number of ether oxygens (including phenoxy) is 2. The Morgan fingerprint density at radius 1 is 1.00 bits per heavy atom. The average Bonchev–Trinajstić information content (AvgIpc) is 3.23. The van der Waals surface area contributed by atoms with Crippen LogP contribution in [0.15, 0.2) is 72.8 Å². The third-order valence-corrected chi connectivity index (χ3v) is 5.11. The van der Waals surface area contributed by atoms with Gasteiger partial charge in [-0.05, 0) is 56.2 Å². The van der Waals surface area contributed by atoms with Crippen molar-refractivity contribution in [3.8, 4) is 11.5 Å². The zero-order chi connectivity index (χ0) is 22.5. The first-order valence-corrected chi connectivity index (χ1v) is 10.7. The van der Waals surface area contributed by atoms with Crippen molar-refractivity contribution in [3.05, 3.63) is 89.7 Å². The quantitative estimate of drug-likeness (QED) is 0.410. The molecule has 6 heteroatoms. The molecule has 6 nitrogen and oxygen atoms in total. The predicted molar refractivity (Wildman–Crippen MR) is 125 cm³/mol. The molecule has 32 heavy (non-hydrogen) atoms. The van der Waals surface area contributed by atoms with Gasteiger partial charge in [-0.25, -0.2) is 4.98 Å². The van der Waals surface area contributed by atoms with Crippen molar-refractivity contribution in [2.24, 2.45) is 0 Å². The molecule has 0 radical (unpaired) electrons. The van der Waals surface area contributed by atoms with Crippen molar-refractivity contribution < 1.29 is 14.3 Å². The SMILES string of the molecule is COc1cc(C(=O)N[C@@H](Cc2ccccc2)c2nc3ccccc3[nH]2)ccc1OC(C)C. The van der Waals surface area contributed by atoms with Crippen LogP contribution in [0.1, 0.15) is 41.6 Å². The predicted octanol–water partition coefficient (Wildman–Crippen LogP) is 5.07. The molecule has 3 aromatic carbocycles. The minimum absolute atomic E-state index is 0.00640. The molecule has 4 rings (SSSR count). The standard InChI is InChI=1S/C26H27N3O3/c1-17(2)32-23-14-13-19(16-24(23)31-3)26(30)29-22(15-18-9-5-4-6-10-18)25-27-20-11-7-8-12-21(20)28-25/h4-14,16-17,22H,15H2,1-3H3,(H,27,28)(H,29,30)/t22-/m0/s1. The number of hydrogen-bond acceptors (Lipinski definition) is 4. The van der Waals surface area contributed by atoms with Crippen LogP contribution in [0, 0.1) is 0 Å². The molecule has 1 atom stereocenters. The molecule has 0 saturated heterocycles. The molecular formula is C26H27N3O3. The van der Waals surface area contributed by atoms with Gasteiger partial charge >= 0.3 is 0 Å². The van der Waals surface area contributed by atoms with Gasteiger partial charge in [0.25, 0.3) is 5.91 Å². The fourth-order valence-corrected chi connectivity index (χ4v) is 3.61. The number of amides is 1. The van der Waals surface area contributed by atoms with Crippen LogP contribution in [0.25, 0.3) is 11.0 Å². The van der Waals surface area contributed by atoms with Crippen LogP contribution in [0.2, 0.25) is 0 Å². The third-order valence-electron chi connectivity index (χ3n) is 5.11. The first-order chi connectivity index (χ1) is 15.5. The number of nitrogens with one attached hydrogen (secondary N) is 2. The van der Waals surface area contributed by atoms with Gasteiger partial charge in [0.05, 0.1) is 30.3 Å². The number of hydrogen-bond donors (Lipinski definition) is 2. The lowest BCUT2D eigenvalue weighted by Crippen LogP contribution is -2.30. The Hall–Kier alpha value is -3.80. The van der Waals surface area contributed by atoms with Crippen molar-refractivity contribution in [1.29, 1.82) is 0 Å². The fraction of sp³-hybridized carbons (Fsp3) is 0.231. The summed E-state index contributed by atoms with van der Waals surface area (Å²) in [5.74, 6) is 1.64. The lowest BCUT2D eigenvalue weighted by molar-refractivity contribution is 0.0934. The topological polar surface area (TPSA) is 76.2 Å². The molecule has 0 fully saturated rings. The van der Waals surface area contributed by atoms with Crippen LogP contribution in [0.5, 0.6) is 11.5 Å². The number of aromatic nitrogens is 2. The van der Waals surface area contributed by atoms with Crippen molar-refractivity contribution >= 4 is 16.9 Å². The number of carbonyl (C=O) groups is 1. The lowest BCUT2D eigenvalue weighted by atomic mass is 10.0. The molecule has 1 aromatic heterocycles. The number of aromatic amines is 1. The summed E-state index contributed by atoms with van der Waals surface area (Å²) in [5.41, 5.74) is 3.40. The monoisotopic (exact) mass is 429 g/mol. The Labute approximate surface area is 187 Å². The second-order valence-corrected chi connectivity index (χ2v) is 7.89. The zero-order valence-corrected chi connectivity index (χ0v) is 18.5. The van der Waals surface area contributed by atoms with E-state index in [0.717, 1.165) is 22.4 Å². The molecule has 0 bridgehead atoms. The summed E-state index contributed by atoms with van der Waals surface area (Å²) in [7, 11) is 1.57. The summed E-state index contributed by atoms with van der Waals surface area (Å²) in [6, 6.07) is 22.8. The van der Waals surface area contributed by atoms with E-state index in [-0.39, 0.29) is 18.1 Å². The van der Waals surface area contributed by atoms with Gasteiger partial charge in [-0.15, -0.1) is 0 Å². The normalized spacial score (nSPS) is 12.0. The van der Waals surface area contributed by atoms with Gasteiger partial charge in [0.15, 0.2) is 11.5 Å².